The van der Waals surface area contributed by atoms with Crippen molar-refractivity contribution in [3.63, 3.8) is 0 Å². The molecule has 0 aromatic heterocycles. The molecule has 0 heterocycles. The standard InChI is InChI=1S/C55H56Cl6N2O4/c56-46-20-8-40(9-21-46)54(41-10-22-47(57)23-11-41,42-12-24-48(58)25-13-42)38-52(64)66-36-5-1-3-32-62-34-7-35-63-33-4-2-6-37-67-53(65)39-55(43-14-26-49(59)27-15-43,44-16-28-50(60)29-17-44)45-18-30-51(61)31-19-45/h8-31,62-63H,1-7,32-39H2/p+2. The third kappa shape index (κ3) is 15.0. The highest BCUT2D eigenvalue weighted by Crippen LogP contribution is 2.45. The van der Waals surface area contributed by atoms with E-state index in [9.17, 15) is 9.59 Å². The van der Waals surface area contributed by atoms with E-state index in [2.05, 4.69) is 10.6 Å². The Kier molecular flexibility index (Phi) is 20.8. The quantitative estimate of drug-likeness (QED) is 0.0322. The molecule has 6 rings (SSSR count). The summed E-state index contributed by atoms with van der Waals surface area (Å²) in [5.74, 6) is -0.556. The number of carbonyl (C=O) groups is 2. The van der Waals surface area contributed by atoms with Crippen LogP contribution in [0.2, 0.25) is 30.1 Å². The van der Waals surface area contributed by atoms with Crippen LogP contribution in [0.25, 0.3) is 0 Å². The van der Waals surface area contributed by atoms with Gasteiger partial charge in [0.1, 0.15) is 0 Å². The van der Waals surface area contributed by atoms with Crippen molar-refractivity contribution in [3.8, 4) is 0 Å². The molecule has 0 radical (unpaired) electrons. The highest BCUT2D eigenvalue weighted by atomic mass is 35.5. The molecule has 0 aliphatic carbocycles. The summed E-state index contributed by atoms with van der Waals surface area (Å²) in [4.78, 5) is 27.2. The van der Waals surface area contributed by atoms with Crippen LogP contribution in [-0.2, 0) is 29.9 Å². The first-order valence-electron chi connectivity index (χ1n) is 23.0. The number of halogens is 6. The van der Waals surface area contributed by atoms with Crippen molar-refractivity contribution in [2.24, 2.45) is 0 Å². The lowest BCUT2D eigenvalue weighted by molar-refractivity contribution is -0.680. The minimum absolute atomic E-state index is 0.101. The van der Waals surface area contributed by atoms with Crippen molar-refractivity contribution in [2.75, 3.05) is 39.4 Å². The average Bonchev–Trinajstić information content (AvgIpc) is 3.33. The van der Waals surface area contributed by atoms with Crippen LogP contribution in [0.1, 0.15) is 91.2 Å². The molecule has 0 aliphatic heterocycles. The summed E-state index contributed by atoms with van der Waals surface area (Å²) in [7, 11) is 0. The first-order valence-corrected chi connectivity index (χ1v) is 25.3. The zero-order chi connectivity index (χ0) is 47.5. The maximum atomic E-state index is 13.6. The van der Waals surface area contributed by atoms with Crippen molar-refractivity contribution >= 4 is 81.5 Å². The molecular weight excluding hydrogens is 965 g/mol. The Hall–Kier alpha value is -4.08. The summed E-state index contributed by atoms with van der Waals surface area (Å²) in [6.45, 7) is 4.97. The van der Waals surface area contributed by atoms with Crippen molar-refractivity contribution in [1.29, 1.82) is 0 Å². The maximum Gasteiger partial charge on any atom is 0.307 e. The van der Waals surface area contributed by atoms with Crippen LogP contribution in [-0.4, -0.2) is 51.3 Å². The van der Waals surface area contributed by atoms with E-state index in [-0.39, 0.29) is 24.8 Å². The second-order valence-electron chi connectivity index (χ2n) is 16.9. The van der Waals surface area contributed by atoms with Crippen molar-refractivity contribution in [2.45, 2.75) is 68.6 Å². The largest absolute Gasteiger partial charge is 0.466 e. The van der Waals surface area contributed by atoms with Gasteiger partial charge in [-0.25, -0.2) is 0 Å². The Morgan fingerprint density at radius 2 is 0.552 bits per heavy atom. The van der Waals surface area contributed by atoms with Gasteiger partial charge in [-0.05, 0) is 145 Å². The first-order chi connectivity index (χ1) is 32.5. The molecule has 6 nitrogen and oxygen atoms in total. The summed E-state index contributed by atoms with van der Waals surface area (Å²) in [5, 5.41) is 8.42. The van der Waals surface area contributed by atoms with Crippen LogP contribution in [0.4, 0.5) is 0 Å². The van der Waals surface area contributed by atoms with Gasteiger partial charge in [0.2, 0.25) is 0 Å². The molecule has 0 saturated heterocycles. The number of esters is 2. The molecule has 0 spiro atoms. The van der Waals surface area contributed by atoms with Crippen LogP contribution in [0.3, 0.4) is 0 Å². The summed E-state index contributed by atoms with van der Waals surface area (Å²) in [6.07, 6.45) is 7.02. The van der Waals surface area contributed by atoms with Crippen molar-refractivity contribution in [3.05, 3.63) is 209 Å². The SMILES string of the molecule is O=C(CC(c1ccc(Cl)cc1)(c1ccc(Cl)cc1)c1ccc(Cl)cc1)OCCCCC[NH2+]CCC[NH2+]CCCCCOC(=O)CC(c1ccc(Cl)cc1)(c1ccc(Cl)cc1)c1ccc(Cl)cc1. The van der Waals surface area contributed by atoms with Crippen molar-refractivity contribution < 1.29 is 29.7 Å². The number of quaternary nitrogens is 2. The number of hydrogen-bond acceptors (Lipinski definition) is 4. The molecule has 67 heavy (non-hydrogen) atoms. The minimum Gasteiger partial charge on any atom is -0.466 e. The monoisotopic (exact) mass is 1020 g/mol. The van der Waals surface area contributed by atoms with Gasteiger partial charge in [-0.15, -0.1) is 0 Å². The van der Waals surface area contributed by atoms with E-state index in [4.69, 9.17) is 79.1 Å². The van der Waals surface area contributed by atoms with E-state index in [1.54, 1.807) is 0 Å². The number of hydrogen-bond donors (Lipinski definition) is 2. The summed E-state index contributed by atoms with van der Waals surface area (Å²) < 4.78 is 11.7. The van der Waals surface area contributed by atoms with Gasteiger partial charge in [0.15, 0.2) is 0 Å². The highest BCUT2D eigenvalue weighted by Gasteiger charge is 2.41. The Morgan fingerprint density at radius 1 is 0.328 bits per heavy atom. The predicted molar refractivity (Wildman–Crippen MR) is 275 cm³/mol. The normalized spacial score (nSPS) is 11.7. The highest BCUT2D eigenvalue weighted by molar-refractivity contribution is 6.32. The van der Waals surface area contributed by atoms with E-state index in [0.717, 1.165) is 105 Å². The molecule has 0 unspecified atom stereocenters. The van der Waals surface area contributed by atoms with Gasteiger partial charge >= 0.3 is 11.9 Å². The number of carbonyl (C=O) groups excluding carboxylic acids is 2. The Bertz CT molecular complexity index is 2040. The molecule has 0 bridgehead atoms. The summed E-state index contributed by atoms with van der Waals surface area (Å²) in [6, 6.07) is 45.6. The van der Waals surface area contributed by atoms with Gasteiger partial charge in [-0.2, -0.15) is 0 Å². The molecule has 0 fully saturated rings. The fourth-order valence-electron chi connectivity index (χ4n) is 8.76. The van der Waals surface area contributed by atoms with Gasteiger partial charge < -0.3 is 20.1 Å². The molecule has 12 heteroatoms. The molecule has 0 atom stereocenters. The van der Waals surface area contributed by atoms with Gasteiger partial charge in [0, 0.05) is 36.6 Å². The first kappa shape index (κ1) is 52.3. The molecule has 6 aromatic rings. The van der Waals surface area contributed by atoms with Crippen LogP contribution in [0.5, 0.6) is 0 Å². The summed E-state index contributed by atoms with van der Waals surface area (Å²) >= 11 is 37.8. The van der Waals surface area contributed by atoms with Gasteiger partial charge in [0.05, 0.1) is 63.1 Å². The zero-order valence-electron chi connectivity index (χ0n) is 37.5. The Morgan fingerprint density at radius 3 is 0.791 bits per heavy atom. The van der Waals surface area contributed by atoms with E-state index in [0.29, 0.717) is 43.3 Å². The van der Waals surface area contributed by atoms with Gasteiger partial charge in [0.25, 0.3) is 0 Å². The summed E-state index contributed by atoms with van der Waals surface area (Å²) in [5.41, 5.74) is 3.82. The molecular formula is C55H58Cl6N2O4+2. The van der Waals surface area contributed by atoms with Crippen LogP contribution in [0.15, 0.2) is 146 Å². The van der Waals surface area contributed by atoms with E-state index < -0.39 is 10.8 Å². The lowest BCUT2D eigenvalue weighted by atomic mass is 9.67. The molecule has 352 valence electrons. The van der Waals surface area contributed by atoms with Crippen LogP contribution < -0.4 is 10.6 Å². The molecule has 0 aliphatic rings. The maximum absolute atomic E-state index is 13.6. The lowest BCUT2D eigenvalue weighted by Crippen LogP contribution is -2.88. The minimum atomic E-state index is -0.839. The number of rotatable bonds is 26. The zero-order valence-corrected chi connectivity index (χ0v) is 42.1. The van der Waals surface area contributed by atoms with Crippen molar-refractivity contribution in [1.82, 2.24) is 0 Å². The van der Waals surface area contributed by atoms with Gasteiger partial charge in [-0.1, -0.05) is 142 Å². The smallest absolute Gasteiger partial charge is 0.307 e. The van der Waals surface area contributed by atoms with Crippen LogP contribution >= 0.6 is 69.6 Å². The molecule has 6 aromatic carbocycles. The van der Waals surface area contributed by atoms with E-state index in [1.165, 1.54) is 0 Å². The second kappa shape index (κ2) is 26.6. The Balaban J connectivity index is 0.851. The average molecular weight is 1020 g/mol. The number of unbranched alkanes of at least 4 members (excludes halogenated alkanes) is 4. The second-order valence-corrected chi connectivity index (χ2v) is 19.5. The topological polar surface area (TPSA) is 85.8 Å². The van der Waals surface area contributed by atoms with Gasteiger partial charge in [-0.3, -0.25) is 9.59 Å². The van der Waals surface area contributed by atoms with E-state index >= 15 is 0 Å². The predicted octanol–water partition coefficient (Wildman–Crippen LogP) is 12.7. The van der Waals surface area contributed by atoms with E-state index in [1.807, 2.05) is 146 Å². The van der Waals surface area contributed by atoms with Crippen LogP contribution in [0, 0.1) is 0 Å². The third-order valence-electron chi connectivity index (χ3n) is 12.3. The fourth-order valence-corrected chi connectivity index (χ4v) is 9.51. The number of nitrogens with two attached hydrogens (primary N) is 2. The number of benzene rings is 6. The lowest BCUT2D eigenvalue weighted by Gasteiger charge is -2.35. The molecule has 4 N–H and O–H groups in total. The number of ether oxygens (including phenoxy) is 2. The Labute approximate surface area is 425 Å². The third-order valence-corrected chi connectivity index (χ3v) is 13.8. The molecule has 0 amide bonds. The fraction of sp³-hybridized carbons (Fsp3) is 0.309. The molecule has 0 saturated carbocycles.